The van der Waals surface area contributed by atoms with E-state index >= 15 is 0 Å². The van der Waals surface area contributed by atoms with Gasteiger partial charge >= 0.3 is 0 Å². The molecule has 1 amide bonds. The fourth-order valence-electron chi connectivity index (χ4n) is 4.46. The monoisotopic (exact) mass is 553 g/mol. The maximum Gasteiger partial charge on any atom is 0.266 e. The molecular weight excluding hydrogens is 525 g/mol. The lowest BCUT2D eigenvalue weighted by molar-refractivity contribution is -0.126. The van der Waals surface area contributed by atoms with Crippen molar-refractivity contribution in [3.05, 3.63) is 83.7 Å². The summed E-state index contributed by atoms with van der Waals surface area (Å²) in [7, 11) is -2.78. The summed E-state index contributed by atoms with van der Waals surface area (Å²) in [5, 5.41) is 11.0. The van der Waals surface area contributed by atoms with Crippen molar-refractivity contribution in [2.75, 3.05) is 31.6 Å². The molecule has 204 valence electrons. The van der Waals surface area contributed by atoms with Crippen molar-refractivity contribution in [2.45, 2.75) is 24.0 Å². The summed E-state index contributed by atoms with van der Waals surface area (Å²) in [5.74, 6) is -0.550. The van der Waals surface area contributed by atoms with Crippen molar-refractivity contribution in [3.63, 3.8) is 0 Å². The van der Waals surface area contributed by atoms with Gasteiger partial charge in [0, 0.05) is 13.1 Å². The number of aromatic nitrogens is 2. The van der Waals surface area contributed by atoms with E-state index in [-0.39, 0.29) is 17.8 Å². The van der Waals surface area contributed by atoms with Crippen molar-refractivity contribution in [1.29, 1.82) is 0 Å². The second-order valence-corrected chi connectivity index (χ2v) is 10.7. The molecule has 3 N–H and O–H groups in total. The van der Waals surface area contributed by atoms with Crippen LogP contribution in [0.1, 0.15) is 11.1 Å². The highest BCUT2D eigenvalue weighted by atomic mass is 32.2. The number of ether oxygens (including phenoxy) is 2. The summed E-state index contributed by atoms with van der Waals surface area (Å²) >= 11 is 0. The average Bonchev–Trinajstić information content (AvgIpc) is 3.28. The van der Waals surface area contributed by atoms with E-state index in [2.05, 4.69) is 20.5 Å². The number of nitrogens with zero attached hydrogens (tertiary/aromatic N) is 2. The number of halogens is 1. The molecule has 1 unspecified atom stereocenters. The van der Waals surface area contributed by atoms with Crippen molar-refractivity contribution >= 4 is 32.7 Å². The Morgan fingerprint density at radius 1 is 1.15 bits per heavy atom. The predicted octanol–water partition coefficient (Wildman–Crippen LogP) is 2.64. The van der Waals surface area contributed by atoms with Gasteiger partial charge in [-0.15, -0.1) is 0 Å². The molecule has 1 atom stereocenters. The van der Waals surface area contributed by atoms with Crippen LogP contribution in [-0.2, 0) is 32.6 Å². The van der Waals surface area contributed by atoms with Gasteiger partial charge in [-0.3, -0.25) is 14.2 Å². The molecule has 5 rings (SSSR count). The first-order valence-electron chi connectivity index (χ1n) is 12.3. The summed E-state index contributed by atoms with van der Waals surface area (Å²) in [6.45, 7) is 2.21. The van der Waals surface area contributed by atoms with Gasteiger partial charge in [0.25, 0.3) is 10.0 Å². The van der Waals surface area contributed by atoms with Crippen molar-refractivity contribution in [3.8, 4) is 5.75 Å². The van der Waals surface area contributed by atoms with Crippen molar-refractivity contribution in [2.24, 2.45) is 0 Å². The summed E-state index contributed by atoms with van der Waals surface area (Å²) in [6, 6.07) is 17.7. The van der Waals surface area contributed by atoms with Crippen LogP contribution in [0.3, 0.4) is 0 Å². The number of carbonyl (C=O) groups is 1. The molecule has 2 heterocycles. The Kier molecular flexibility index (Phi) is 7.77. The molecule has 1 aliphatic heterocycles. The Labute approximate surface area is 225 Å². The number of carbonyl (C=O) groups excluding carboxylic acids is 1. The maximum absolute atomic E-state index is 14.3. The first-order valence-corrected chi connectivity index (χ1v) is 13.8. The lowest BCUT2D eigenvalue weighted by atomic mass is 10.1. The van der Waals surface area contributed by atoms with Gasteiger partial charge in [-0.1, -0.05) is 42.5 Å². The third kappa shape index (κ3) is 5.87. The Morgan fingerprint density at radius 2 is 1.95 bits per heavy atom. The van der Waals surface area contributed by atoms with E-state index in [1.165, 1.54) is 25.3 Å². The topological polar surface area (TPSA) is 124 Å². The van der Waals surface area contributed by atoms with Crippen LogP contribution < -0.4 is 20.1 Å². The molecule has 1 saturated heterocycles. The average molecular weight is 554 g/mol. The minimum atomic E-state index is -4.26. The number of hydrogen-bond acceptors (Lipinski definition) is 7. The van der Waals surface area contributed by atoms with Gasteiger partial charge < -0.3 is 20.1 Å². The molecule has 12 heteroatoms. The van der Waals surface area contributed by atoms with E-state index in [0.717, 1.165) is 17.2 Å². The molecule has 4 aromatic rings. The number of morpholine rings is 1. The molecule has 0 saturated carbocycles. The molecular formula is C27H28FN5O5S. The van der Waals surface area contributed by atoms with Gasteiger partial charge in [0.2, 0.25) is 5.91 Å². The van der Waals surface area contributed by atoms with Crippen LogP contribution in [0.15, 0.2) is 71.6 Å². The van der Waals surface area contributed by atoms with Gasteiger partial charge in [0.05, 0.1) is 37.8 Å². The van der Waals surface area contributed by atoms with Crippen LogP contribution in [-0.4, -0.2) is 57.0 Å². The lowest BCUT2D eigenvalue weighted by Crippen LogP contribution is -2.51. The number of benzene rings is 3. The minimum absolute atomic E-state index is 0.0244. The highest BCUT2D eigenvalue weighted by Gasteiger charge is 2.24. The van der Waals surface area contributed by atoms with Crippen LogP contribution in [0.25, 0.3) is 10.9 Å². The smallest absolute Gasteiger partial charge is 0.266 e. The normalized spacial score (nSPS) is 15.7. The van der Waals surface area contributed by atoms with Crippen LogP contribution in [0.2, 0.25) is 0 Å². The molecule has 1 aliphatic rings. The van der Waals surface area contributed by atoms with E-state index in [0.29, 0.717) is 49.5 Å². The van der Waals surface area contributed by atoms with Crippen molar-refractivity contribution in [1.82, 2.24) is 20.4 Å². The number of hydrogen-bond donors (Lipinski definition) is 3. The van der Waals surface area contributed by atoms with E-state index in [1.54, 1.807) is 22.9 Å². The van der Waals surface area contributed by atoms with E-state index in [4.69, 9.17) is 9.47 Å². The first kappa shape index (κ1) is 26.6. The number of methoxy groups -OCH3 is 1. The zero-order chi connectivity index (χ0) is 27.4. The summed E-state index contributed by atoms with van der Waals surface area (Å²) in [4.78, 5) is 12.0. The number of anilines is 1. The van der Waals surface area contributed by atoms with Crippen LogP contribution in [0.4, 0.5) is 10.2 Å². The largest absolute Gasteiger partial charge is 0.496 e. The standard InChI is InChI=1S/C27H28FN5O5S/c1-37-23-10-5-9-22-25(23)26(32-39(35,36)24-11-3-2-8-20(24)28)31-33(22)16-19-7-4-6-18(14-19)15-30-27(34)21-17-38-13-12-29-21/h2-11,14,21,29H,12-13,15-17H2,1H3,(H,30,34)(H,31,32). The van der Waals surface area contributed by atoms with Crippen molar-refractivity contribution < 1.29 is 27.1 Å². The fourth-order valence-corrected chi connectivity index (χ4v) is 5.55. The number of fused-ring (bicyclic) bond motifs is 1. The van der Waals surface area contributed by atoms with E-state index in [9.17, 15) is 17.6 Å². The Balaban J connectivity index is 1.40. The zero-order valence-corrected chi connectivity index (χ0v) is 22.0. The molecule has 1 fully saturated rings. The van der Waals surface area contributed by atoms with Crippen LogP contribution >= 0.6 is 0 Å². The summed E-state index contributed by atoms with van der Waals surface area (Å²) < 4.78 is 55.3. The summed E-state index contributed by atoms with van der Waals surface area (Å²) in [5.41, 5.74) is 2.41. The van der Waals surface area contributed by atoms with Gasteiger partial charge in [0.15, 0.2) is 5.82 Å². The SMILES string of the molecule is COc1cccc2c1c(NS(=O)(=O)c1ccccc1F)nn2Cc1cccc(CNC(=O)C2COCCN2)c1. The number of rotatable bonds is 9. The summed E-state index contributed by atoms with van der Waals surface area (Å²) in [6.07, 6.45) is 0. The lowest BCUT2D eigenvalue weighted by Gasteiger charge is -2.22. The fraction of sp³-hybridized carbons (Fsp3) is 0.259. The van der Waals surface area contributed by atoms with Crippen LogP contribution in [0, 0.1) is 5.82 Å². The zero-order valence-electron chi connectivity index (χ0n) is 21.2. The first-order chi connectivity index (χ1) is 18.9. The molecule has 0 bridgehead atoms. The van der Waals surface area contributed by atoms with E-state index < -0.39 is 20.7 Å². The Morgan fingerprint density at radius 3 is 2.72 bits per heavy atom. The van der Waals surface area contributed by atoms with Crippen LogP contribution in [0.5, 0.6) is 5.75 Å². The maximum atomic E-state index is 14.3. The molecule has 0 radical (unpaired) electrons. The molecule has 0 spiro atoms. The Hall–Kier alpha value is -4.00. The molecule has 10 nitrogen and oxygen atoms in total. The predicted molar refractivity (Wildman–Crippen MR) is 143 cm³/mol. The van der Waals surface area contributed by atoms with Gasteiger partial charge in [-0.2, -0.15) is 5.10 Å². The highest BCUT2D eigenvalue weighted by Crippen LogP contribution is 2.34. The number of sulfonamides is 1. The quantitative estimate of drug-likeness (QED) is 0.291. The van der Waals surface area contributed by atoms with Gasteiger partial charge in [-0.25, -0.2) is 12.8 Å². The Bertz CT molecular complexity index is 1600. The minimum Gasteiger partial charge on any atom is -0.496 e. The van der Waals surface area contributed by atoms with Gasteiger partial charge in [-0.05, 0) is 35.4 Å². The molecule has 0 aliphatic carbocycles. The molecule has 1 aromatic heterocycles. The van der Waals surface area contributed by atoms with Gasteiger partial charge in [0.1, 0.15) is 22.5 Å². The highest BCUT2D eigenvalue weighted by molar-refractivity contribution is 7.92. The second kappa shape index (κ2) is 11.4. The third-order valence-electron chi connectivity index (χ3n) is 6.35. The number of amides is 1. The second-order valence-electron chi connectivity index (χ2n) is 9.02. The number of nitrogens with one attached hydrogen (secondary N) is 3. The molecule has 3 aromatic carbocycles. The third-order valence-corrected chi connectivity index (χ3v) is 7.72. The van der Waals surface area contributed by atoms with E-state index in [1.807, 2.05) is 24.3 Å². The molecule has 39 heavy (non-hydrogen) atoms.